The molecule has 3 N–H and O–H groups in total. The van der Waals surface area contributed by atoms with Crippen LogP contribution in [0, 0.1) is 19.7 Å². The number of aryl methyl sites for hydroxylation is 1. The third-order valence-corrected chi connectivity index (χ3v) is 5.34. The molecule has 0 spiro atoms. The third kappa shape index (κ3) is 5.39. The van der Waals surface area contributed by atoms with Crippen molar-refractivity contribution in [1.82, 2.24) is 0 Å². The molecule has 0 bridgehead atoms. The number of hydrogen-bond acceptors (Lipinski definition) is 4. The number of benzene rings is 2. The molecule has 6 nitrogen and oxygen atoms in total. The molecule has 0 aromatic heterocycles. The second kappa shape index (κ2) is 9.45. The molecule has 0 aliphatic heterocycles. The van der Waals surface area contributed by atoms with Crippen molar-refractivity contribution >= 4 is 28.1 Å². The zero-order valence-electron chi connectivity index (χ0n) is 18.6. The molecule has 0 fully saturated rings. The number of hydrogen-bond donors (Lipinski definition) is 3. The Morgan fingerprint density at radius 3 is 2.26 bits per heavy atom. The first-order chi connectivity index (χ1) is 14.4. The second-order valence-electron chi connectivity index (χ2n) is 8.41. The van der Waals surface area contributed by atoms with Gasteiger partial charge in [0.2, 0.25) is 0 Å². The van der Waals surface area contributed by atoms with Crippen LogP contribution >= 0.6 is 0 Å². The highest BCUT2D eigenvalue weighted by atomic mass is 28.2. The standard InChI is InChI=1S/C23H28FNO5Si/c1-12-8-15(18(11-30-31)13(2)20(12)23(3,4)5)16-9-14(6-7-19(16)24)25-10-17(21(26)27)22(28)29/h6-10,25H,11H2,1-5,31H3,(H,26,27)(H,28,29). The van der Waals surface area contributed by atoms with Crippen molar-refractivity contribution in [2.75, 3.05) is 5.32 Å². The van der Waals surface area contributed by atoms with Gasteiger partial charge in [-0.15, -0.1) is 0 Å². The van der Waals surface area contributed by atoms with E-state index in [0.29, 0.717) is 33.9 Å². The predicted octanol–water partition coefficient (Wildman–Crippen LogP) is 3.67. The molecule has 0 heterocycles. The van der Waals surface area contributed by atoms with E-state index in [1.54, 1.807) is 0 Å². The van der Waals surface area contributed by atoms with Gasteiger partial charge in [0.1, 0.15) is 16.3 Å². The van der Waals surface area contributed by atoms with Crippen LogP contribution in [-0.4, -0.2) is 32.6 Å². The van der Waals surface area contributed by atoms with E-state index in [0.717, 1.165) is 22.9 Å². The molecule has 0 saturated carbocycles. The van der Waals surface area contributed by atoms with Crippen LogP contribution in [0.5, 0.6) is 0 Å². The maximum absolute atomic E-state index is 14.9. The molecule has 0 aliphatic carbocycles. The van der Waals surface area contributed by atoms with Gasteiger partial charge in [0.15, 0.2) is 5.57 Å². The highest BCUT2D eigenvalue weighted by Gasteiger charge is 2.24. The highest BCUT2D eigenvalue weighted by molar-refractivity contribution is 6.12. The lowest BCUT2D eigenvalue weighted by Gasteiger charge is -2.28. The molecule has 2 aromatic carbocycles. The number of anilines is 1. The van der Waals surface area contributed by atoms with Crippen LogP contribution in [-0.2, 0) is 26.0 Å². The molecule has 8 heteroatoms. The van der Waals surface area contributed by atoms with E-state index in [9.17, 15) is 14.0 Å². The fraction of sp³-hybridized carbons (Fsp3) is 0.304. The van der Waals surface area contributed by atoms with Gasteiger partial charge in [0, 0.05) is 17.5 Å². The van der Waals surface area contributed by atoms with Gasteiger partial charge in [0.25, 0.3) is 0 Å². The summed E-state index contributed by atoms with van der Waals surface area (Å²) in [7, 11) is 0.534. The molecule has 2 rings (SSSR count). The van der Waals surface area contributed by atoms with E-state index < -0.39 is 23.3 Å². The first-order valence-electron chi connectivity index (χ1n) is 9.74. The Labute approximate surface area is 184 Å². The van der Waals surface area contributed by atoms with Crippen LogP contribution in [0.1, 0.15) is 43.0 Å². The Morgan fingerprint density at radius 2 is 1.74 bits per heavy atom. The fourth-order valence-electron chi connectivity index (χ4n) is 3.94. The fourth-order valence-corrected chi connectivity index (χ4v) is 4.23. The van der Waals surface area contributed by atoms with Gasteiger partial charge >= 0.3 is 11.9 Å². The Balaban J connectivity index is 2.66. The normalized spacial score (nSPS) is 11.3. The summed E-state index contributed by atoms with van der Waals surface area (Å²) in [6, 6.07) is 6.17. The van der Waals surface area contributed by atoms with Crippen molar-refractivity contribution < 1.29 is 28.6 Å². The van der Waals surface area contributed by atoms with Crippen molar-refractivity contribution in [2.45, 2.75) is 46.6 Å². The SMILES string of the molecule is Cc1cc(-c2cc(NC=C(C(=O)O)C(=O)O)ccc2F)c(CO[SiH3])c(C)c1C(C)(C)C. The van der Waals surface area contributed by atoms with Crippen LogP contribution < -0.4 is 5.32 Å². The monoisotopic (exact) mass is 445 g/mol. The molecule has 0 unspecified atom stereocenters. The van der Waals surface area contributed by atoms with E-state index in [-0.39, 0.29) is 5.41 Å². The van der Waals surface area contributed by atoms with Gasteiger partial charge in [-0.2, -0.15) is 0 Å². The Hall–Kier alpha value is -2.97. The zero-order valence-corrected chi connectivity index (χ0v) is 20.6. The van der Waals surface area contributed by atoms with E-state index in [1.807, 2.05) is 19.9 Å². The van der Waals surface area contributed by atoms with E-state index in [4.69, 9.17) is 14.6 Å². The quantitative estimate of drug-likeness (QED) is 0.260. The van der Waals surface area contributed by atoms with Crippen LogP contribution in [0.3, 0.4) is 0 Å². The Morgan fingerprint density at radius 1 is 1.13 bits per heavy atom. The molecule has 0 amide bonds. The summed E-state index contributed by atoms with van der Waals surface area (Å²) in [6.07, 6.45) is 0.878. The summed E-state index contributed by atoms with van der Waals surface area (Å²) < 4.78 is 20.4. The summed E-state index contributed by atoms with van der Waals surface area (Å²) >= 11 is 0. The molecule has 0 saturated heterocycles. The van der Waals surface area contributed by atoms with Crippen LogP contribution in [0.2, 0.25) is 0 Å². The third-order valence-electron chi connectivity index (χ3n) is 5.05. The molecule has 31 heavy (non-hydrogen) atoms. The minimum absolute atomic E-state index is 0.0938. The van der Waals surface area contributed by atoms with Gasteiger partial charge in [-0.25, -0.2) is 14.0 Å². The Bertz CT molecular complexity index is 1040. The second-order valence-corrected chi connectivity index (χ2v) is 8.99. The predicted molar refractivity (Wildman–Crippen MR) is 122 cm³/mol. The van der Waals surface area contributed by atoms with E-state index in [2.05, 4.69) is 26.1 Å². The van der Waals surface area contributed by atoms with Crippen LogP contribution in [0.4, 0.5) is 10.1 Å². The first-order valence-corrected chi connectivity index (χ1v) is 10.6. The molecule has 0 aliphatic rings. The number of rotatable bonds is 7. The lowest BCUT2D eigenvalue weighted by molar-refractivity contribution is -0.140. The van der Waals surface area contributed by atoms with Crippen molar-refractivity contribution in [3.05, 3.63) is 64.1 Å². The summed E-state index contributed by atoms with van der Waals surface area (Å²) in [5.41, 5.74) is 4.64. The van der Waals surface area contributed by atoms with Gasteiger partial charge < -0.3 is 20.0 Å². The molecule has 2 aromatic rings. The number of carboxylic acid groups (broad SMARTS) is 2. The van der Waals surface area contributed by atoms with Crippen molar-refractivity contribution in [1.29, 1.82) is 0 Å². The maximum Gasteiger partial charge on any atom is 0.344 e. The maximum atomic E-state index is 14.9. The number of carboxylic acids is 2. The molecule has 0 radical (unpaired) electrons. The van der Waals surface area contributed by atoms with Crippen molar-refractivity contribution in [2.24, 2.45) is 0 Å². The highest BCUT2D eigenvalue weighted by Crippen LogP contribution is 2.38. The minimum Gasteiger partial charge on any atom is -0.477 e. The molecular weight excluding hydrogens is 417 g/mol. The summed E-state index contributed by atoms with van der Waals surface area (Å²) in [6.45, 7) is 10.8. The first kappa shape index (κ1) is 24.3. The van der Waals surface area contributed by atoms with Gasteiger partial charge in [-0.3, -0.25) is 0 Å². The zero-order chi connectivity index (χ0) is 23.5. The summed E-state index contributed by atoms with van der Waals surface area (Å²) in [5, 5.41) is 20.6. The minimum atomic E-state index is -1.57. The van der Waals surface area contributed by atoms with Gasteiger partial charge in [-0.1, -0.05) is 26.8 Å². The number of aliphatic carboxylic acids is 2. The van der Waals surface area contributed by atoms with Crippen molar-refractivity contribution in [3.63, 3.8) is 0 Å². The summed E-state index contributed by atoms with van der Waals surface area (Å²) in [5.74, 6) is -3.58. The van der Waals surface area contributed by atoms with E-state index >= 15 is 0 Å². The number of halogens is 1. The number of nitrogens with one attached hydrogen (secondary N) is 1. The van der Waals surface area contributed by atoms with Crippen LogP contribution in [0.25, 0.3) is 11.1 Å². The van der Waals surface area contributed by atoms with Gasteiger partial charge in [0.05, 0.1) is 6.61 Å². The molecular formula is C23H28FNO5Si. The lowest BCUT2D eigenvalue weighted by atomic mass is 9.77. The van der Waals surface area contributed by atoms with Crippen LogP contribution in [0.15, 0.2) is 36.0 Å². The largest absolute Gasteiger partial charge is 0.477 e. The molecule has 0 atom stereocenters. The smallest absolute Gasteiger partial charge is 0.344 e. The topological polar surface area (TPSA) is 95.9 Å². The average molecular weight is 446 g/mol. The Kier molecular flexibility index (Phi) is 7.40. The lowest BCUT2D eigenvalue weighted by Crippen LogP contribution is -2.17. The summed E-state index contributed by atoms with van der Waals surface area (Å²) in [4.78, 5) is 22.1. The average Bonchev–Trinajstić information content (AvgIpc) is 2.63. The van der Waals surface area contributed by atoms with Crippen molar-refractivity contribution in [3.8, 4) is 11.1 Å². The van der Waals surface area contributed by atoms with Gasteiger partial charge in [-0.05, 0) is 65.3 Å². The molecule has 166 valence electrons. The number of carbonyl (C=O) groups is 2. The van der Waals surface area contributed by atoms with E-state index in [1.165, 1.54) is 23.8 Å².